The lowest BCUT2D eigenvalue weighted by Gasteiger charge is -2.40. The van der Waals surface area contributed by atoms with Crippen LogP contribution in [0.4, 0.5) is 0 Å². The molecule has 0 aromatic rings. The van der Waals surface area contributed by atoms with Gasteiger partial charge in [0.25, 0.3) is 0 Å². The van der Waals surface area contributed by atoms with Gasteiger partial charge in [-0.1, -0.05) is 198 Å². The van der Waals surface area contributed by atoms with Crippen molar-refractivity contribution in [3.63, 3.8) is 0 Å². The van der Waals surface area contributed by atoms with Gasteiger partial charge in [-0.25, -0.2) is 0 Å². The molecule has 60 heavy (non-hydrogen) atoms. The van der Waals surface area contributed by atoms with E-state index in [1.807, 2.05) is 6.08 Å². The molecule has 0 spiro atoms. The van der Waals surface area contributed by atoms with Crippen LogP contribution < -0.4 is 5.32 Å². The molecule has 1 fully saturated rings. The number of hydrogen-bond donors (Lipinski definition) is 7. The highest BCUT2D eigenvalue weighted by Gasteiger charge is 2.44. The molecule has 0 saturated carbocycles. The summed E-state index contributed by atoms with van der Waals surface area (Å²) in [5, 5.41) is 64.6. The summed E-state index contributed by atoms with van der Waals surface area (Å²) >= 11 is 0. The molecule has 1 rings (SSSR count). The van der Waals surface area contributed by atoms with Crippen LogP contribution in [-0.2, 0) is 14.3 Å². The molecule has 10 heteroatoms. The molecule has 1 heterocycles. The average Bonchev–Trinajstić information content (AvgIpc) is 3.25. The third-order valence-electron chi connectivity index (χ3n) is 11.8. The molecular formula is C50H93NO9. The van der Waals surface area contributed by atoms with Crippen LogP contribution in [0.1, 0.15) is 213 Å². The fourth-order valence-corrected chi connectivity index (χ4v) is 7.72. The number of aliphatic hydroxyl groups is 6. The zero-order valence-electron chi connectivity index (χ0n) is 38.3. The molecule has 0 aromatic carbocycles. The lowest BCUT2D eigenvalue weighted by atomic mass is 9.99. The molecule has 0 radical (unpaired) electrons. The van der Waals surface area contributed by atoms with Crippen molar-refractivity contribution in [2.24, 2.45) is 0 Å². The van der Waals surface area contributed by atoms with Gasteiger partial charge in [0.05, 0.1) is 25.4 Å². The van der Waals surface area contributed by atoms with Crippen LogP contribution in [0, 0.1) is 0 Å². The molecule has 1 aliphatic rings. The van der Waals surface area contributed by atoms with Gasteiger partial charge < -0.3 is 45.4 Å². The van der Waals surface area contributed by atoms with Gasteiger partial charge in [-0.05, 0) is 51.4 Å². The molecule has 1 saturated heterocycles. The summed E-state index contributed by atoms with van der Waals surface area (Å²) in [5.41, 5.74) is 0. The van der Waals surface area contributed by atoms with E-state index in [0.717, 1.165) is 51.4 Å². The zero-order valence-corrected chi connectivity index (χ0v) is 38.3. The maximum Gasteiger partial charge on any atom is 0.249 e. The summed E-state index contributed by atoms with van der Waals surface area (Å²) in [7, 11) is 0. The summed E-state index contributed by atoms with van der Waals surface area (Å²) in [5.74, 6) is -0.622. The summed E-state index contributed by atoms with van der Waals surface area (Å²) in [4.78, 5) is 13.0. The van der Waals surface area contributed by atoms with Crippen molar-refractivity contribution < 1.29 is 44.9 Å². The first-order valence-corrected chi connectivity index (χ1v) is 24.8. The van der Waals surface area contributed by atoms with Crippen LogP contribution >= 0.6 is 0 Å². The second-order valence-electron chi connectivity index (χ2n) is 17.4. The number of rotatable bonds is 41. The Morgan fingerprint density at radius 2 is 1.02 bits per heavy atom. The van der Waals surface area contributed by atoms with E-state index < -0.39 is 61.5 Å². The van der Waals surface area contributed by atoms with E-state index in [-0.39, 0.29) is 6.61 Å². The first-order valence-electron chi connectivity index (χ1n) is 24.8. The van der Waals surface area contributed by atoms with Gasteiger partial charge in [0.15, 0.2) is 6.29 Å². The van der Waals surface area contributed by atoms with Gasteiger partial charge in [-0.15, -0.1) is 0 Å². The SMILES string of the molecule is CCCCCCCCCCC/C=C\C/C=C\CCCCCCCCCCC(O)C(=O)NC(COC1OC(CO)C(O)C(O)C1O)C(O)/C=C/CCCCCCCCCCC. The lowest BCUT2D eigenvalue weighted by molar-refractivity contribution is -0.302. The monoisotopic (exact) mass is 852 g/mol. The molecule has 0 aliphatic carbocycles. The van der Waals surface area contributed by atoms with Crippen molar-refractivity contribution in [3.8, 4) is 0 Å². The van der Waals surface area contributed by atoms with Gasteiger partial charge in [0, 0.05) is 0 Å². The molecule has 8 atom stereocenters. The predicted octanol–water partition coefficient (Wildman–Crippen LogP) is 9.81. The van der Waals surface area contributed by atoms with Crippen LogP contribution in [0.15, 0.2) is 36.5 Å². The second kappa shape index (κ2) is 40.2. The van der Waals surface area contributed by atoms with E-state index in [9.17, 15) is 35.4 Å². The number of ether oxygens (including phenoxy) is 2. The quantitative estimate of drug-likeness (QED) is 0.0234. The molecule has 7 N–H and O–H groups in total. The van der Waals surface area contributed by atoms with E-state index in [4.69, 9.17) is 9.47 Å². The maximum absolute atomic E-state index is 13.0. The molecule has 1 amide bonds. The van der Waals surface area contributed by atoms with E-state index in [1.54, 1.807) is 6.08 Å². The molecule has 352 valence electrons. The normalized spacial score (nSPS) is 21.4. The topological polar surface area (TPSA) is 169 Å². The van der Waals surface area contributed by atoms with Gasteiger partial charge in [-0.2, -0.15) is 0 Å². The van der Waals surface area contributed by atoms with Crippen molar-refractivity contribution in [1.82, 2.24) is 5.32 Å². The van der Waals surface area contributed by atoms with Gasteiger partial charge in [-0.3, -0.25) is 4.79 Å². The van der Waals surface area contributed by atoms with Gasteiger partial charge in [0.1, 0.15) is 30.5 Å². The molecule has 0 aromatic heterocycles. The number of unbranched alkanes of at least 4 members (excludes halogenated alkanes) is 26. The molecule has 10 nitrogen and oxygen atoms in total. The molecule has 1 aliphatic heterocycles. The van der Waals surface area contributed by atoms with Gasteiger partial charge in [0.2, 0.25) is 5.91 Å². The Hall–Kier alpha value is -1.63. The summed E-state index contributed by atoms with van der Waals surface area (Å²) in [6, 6.07) is -0.981. The Bertz CT molecular complexity index is 1050. The van der Waals surface area contributed by atoms with Gasteiger partial charge >= 0.3 is 0 Å². The highest BCUT2D eigenvalue weighted by atomic mass is 16.7. The number of allylic oxidation sites excluding steroid dienone is 5. The summed E-state index contributed by atoms with van der Waals surface area (Å²) < 4.78 is 11.1. The zero-order chi connectivity index (χ0) is 43.9. The Balaban J connectivity index is 2.30. The Morgan fingerprint density at radius 1 is 0.583 bits per heavy atom. The first-order chi connectivity index (χ1) is 29.3. The van der Waals surface area contributed by atoms with Crippen LogP contribution in [0.25, 0.3) is 0 Å². The number of aliphatic hydroxyl groups excluding tert-OH is 6. The van der Waals surface area contributed by atoms with Crippen LogP contribution in [-0.4, -0.2) is 98.7 Å². The van der Waals surface area contributed by atoms with Crippen LogP contribution in [0.5, 0.6) is 0 Å². The number of nitrogens with one attached hydrogen (secondary N) is 1. The minimum absolute atomic E-state index is 0.303. The van der Waals surface area contributed by atoms with Crippen molar-refractivity contribution in [2.75, 3.05) is 13.2 Å². The molecular weight excluding hydrogens is 759 g/mol. The third kappa shape index (κ3) is 29.6. The van der Waals surface area contributed by atoms with Crippen molar-refractivity contribution in [1.29, 1.82) is 0 Å². The third-order valence-corrected chi connectivity index (χ3v) is 11.8. The minimum Gasteiger partial charge on any atom is -0.394 e. The van der Waals surface area contributed by atoms with Crippen molar-refractivity contribution >= 4 is 5.91 Å². The minimum atomic E-state index is -1.61. The Labute approximate surface area is 366 Å². The number of amides is 1. The van der Waals surface area contributed by atoms with Crippen molar-refractivity contribution in [3.05, 3.63) is 36.5 Å². The van der Waals surface area contributed by atoms with Crippen LogP contribution in [0.2, 0.25) is 0 Å². The maximum atomic E-state index is 13.0. The van der Waals surface area contributed by atoms with Crippen molar-refractivity contribution in [2.45, 2.75) is 262 Å². The summed E-state index contributed by atoms with van der Waals surface area (Å²) in [6.07, 6.45) is 39.5. The number of hydrogen-bond acceptors (Lipinski definition) is 9. The second-order valence-corrected chi connectivity index (χ2v) is 17.4. The fourth-order valence-electron chi connectivity index (χ4n) is 7.72. The first kappa shape index (κ1) is 56.4. The predicted molar refractivity (Wildman–Crippen MR) is 246 cm³/mol. The lowest BCUT2D eigenvalue weighted by Crippen LogP contribution is -2.60. The van der Waals surface area contributed by atoms with E-state index in [0.29, 0.717) is 12.8 Å². The van der Waals surface area contributed by atoms with E-state index >= 15 is 0 Å². The smallest absolute Gasteiger partial charge is 0.249 e. The highest BCUT2D eigenvalue weighted by Crippen LogP contribution is 2.23. The standard InChI is InChI=1S/C50H93NO9/c1-3-5-7-9-11-13-15-16-17-18-19-20-21-22-23-24-25-26-27-29-31-33-35-37-39-44(54)49(58)51-42(41-59-50-48(57)47(56)46(55)45(40-52)60-50)43(53)38-36-34-32-30-28-14-12-10-8-6-4-2/h19-20,22-23,36,38,42-48,50,52-57H,3-18,21,24-35,37,39-41H2,1-2H3,(H,51,58)/b20-19-,23-22-,38-36+. The van der Waals surface area contributed by atoms with Crippen LogP contribution in [0.3, 0.4) is 0 Å². The molecule has 8 unspecified atom stereocenters. The highest BCUT2D eigenvalue weighted by molar-refractivity contribution is 5.80. The average molecular weight is 852 g/mol. The largest absolute Gasteiger partial charge is 0.394 e. The van der Waals surface area contributed by atoms with E-state index in [1.165, 1.54) is 135 Å². The fraction of sp³-hybridized carbons (Fsp3) is 0.860. The Kier molecular flexibility index (Phi) is 37.7. The molecule has 0 bridgehead atoms. The van der Waals surface area contributed by atoms with E-state index in [2.05, 4.69) is 43.5 Å². The summed E-state index contributed by atoms with van der Waals surface area (Å²) in [6.45, 7) is 3.59. The number of carbonyl (C=O) groups excluding carboxylic acids is 1. The number of carbonyl (C=O) groups is 1. The Morgan fingerprint density at radius 3 is 1.48 bits per heavy atom.